The Kier molecular flexibility index (Phi) is 2.89. The van der Waals surface area contributed by atoms with Crippen LogP contribution in [-0.2, 0) is 14.9 Å². The van der Waals surface area contributed by atoms with E-state index in [0.717, 1.165) is 24.3 Å². The van der Waals surface area contributed by atoms with Crippen molar-refractivity contribution in [1.82, 2.24) is 0 Å². The van der Waals surface area contributed by atoms with Gasteiger partial charge in [-0.1, -0.05) is 30.7 Å². The van der Waals surface area contributed by atoms with E-state index in [4.69, 9.17) is 4.74 Å². The molecule has 0 bridgehead atoms. The van der Waals surface area contributed by atoms with Crippen molar-refractivity contribution in [3.8, 4) is 0 Å². The smallest absolute Gasteiger partial charge is 0.316 e. The van der Waals surface area contributed by atoms with Crippen molar-refractivity contribution in [2.24, 2.45) is 0 Å². The van der Waals surface area contributed by atoms with Gasteiger partial charge < -0.3 is 4.74 Å². The maximum absolute atomic E-state index is 12.0. The molecule has 2 aliphatic carbocycles. The van der Waals surface area contributed by atoms with Crippen molar-refractivity contribution < 1.29 is 9.53 Å². The maximum atomic E-state index is 12.0. The summed E-state index contributed by atoms with van der Waals surface area (Å²) in [5.41, 5.74) is 2.27. The molecule has 18 heavy (non-hydrogen) atoms. The fourth-order valence-electron chi connectivity index (χ4n) is 2.82. The van der Waals surface area contributed by atoms with E-state index in [1.54, 1.807) is 0 Å². The molecule has 0 heterocycles. The molecule has 2 heteroatoms. The zero-order chi connectivity index (χ0) is 12.6. The highest BCUT2D eigenvalue weighted by molar-refractivity contribution is 5.86. The van der Waals surface area contributed by atoms with Crippen LogP contribution in [0, 0.1) is 0 Å². The van der Waals surface area contributed by atoms with Gasteiger partial charge in [0.15, 0.2) is 0 Å². The number of hydrogen-bond donors (Lipinski definition) is 0. The van der Waals surface area contributed by atoms with Gasteiger partial charge in [0.2, 0.25) is 0 Å². The normalized spacial score (nSPS) is 21.2. The van der Waals surface area contributed by atoms with Gasteiger partial charge >= 0.3 is 5.97 Å². The topological polar surface area (TPSA) is 26.3 Å². The van der Waals surface area contributed by atoms with Crippen LogP contribution in [0.1, 0.15) is 56.1 Å². The standard InChI is InChI=1S/C16H20O2/c1-2-18-15(17)16(10-11-16)14-8-6-13(7-9-14)12-4-3-5-12/h6-9,12H,2-5,10-11H2,1H3. The van der Waals surface area contributed by atoms with E-state index >= 15 is 0 Å². The Balaban J connectivity index is 1.78. The Morgan fingerprint density at radius 1 is 1.28 bits per heavy atom. The van der Waals surface area contributed by atoms with E-state index in [1.807, 2.05) is 6.92 Å². The van der Waals surface area contributed by atoms with Gasteiger partial charge in [0.25, 0.3) is 0 Å². The van der Waals surface area contributed by atoms with Gasteiger partial charge in [-0.15, -0.1) is 0 Å². The van der Waals surface area contributed by atoms with E-state index in [-0.39, 0.29) is 11.4 Å². The second kappa shape index (κ2) is 4.42. The predicted octanol–water partition coefficient (Wildman–Crippen LogP) is 3.55. The third-order valence-corrected chi connectivity index (χ3v) is 4.46. The molecule has 0 aromatic heterocycles. The summed E-state index contributed by atoms with van der Waals surface area (Å²) in [4.78, 5) is 12.0. The summed E-state index contributed by atoms with van der Waals surface area (Å²) in [5, 5.41) is 0. The molecule has 0 saturated heterocycles. The minimum absolute atomic E-state index is 0.0404. The van der Waals surface area contributed by atoms with Crippen LogP contribution in [0.15, 0.2) is 24.3 Å². The van der Waals surface area contributed by atoms with Crippen molar-refractivity contribution in [3.05, 3.63) is 35.4 Å². The molecule has 0 aliphatic heterocycles. The monoisotopic (exact) mass is 244 g/mol. The molecule has 2 fully saturated rings. The Hall–Kier alpha value is -1.31. The first kappa shape index (κ1) is 11.8. The molecule has 2 aliphatic rings. The second-order valence-electron chi connectivity index (χ2n) is 5.55. The van der Waals surface area contributed by atoms with E-state index in [9.17, 15) is 4.79 Å². The highest BCUT2D eigenvalue weighted by atomic mass is 16.5. The van der Waals surface area contributed by atoms with Crippen molar-refractivity contribution in [1.29, 1.82) is 0 Å². The number of hydrogen-bond acceptors (Lipinski definition) is 2. The summed E-state index contributed by atoms with van der Waals surface area (Å²) < 4.78 is 5.19. The van der Waals surface area contributed by atoms with E-state index in [0.29, 0.717) is 6.61 Å². The van der Waals surface area contributed by atoms with Gasteiger partial charge in [-0.3, -0.25) is 4.79 Å². The zero-order valence-electron chi connectivity index (χ0n) is 10.9. The van der Waals surface area contributed by atoms with Crippen molar-refractivity contribution in [2.45, 2.75) is 50.4 Å². The van der Waals surface area contributed by atoms with Crippen molar-refractivity contribution in [2.75, 3.05) is 6.61 Å². The lowest BCUT2D eigenvalue weighted by atomic mass is 9.79. The largest absolute Gasteiger partial charge is 0.465 e. The molecule has 1 aromatic rings. The molecule has 96 valence electrons. The first-order valence-electron chi connectivity index (χ1n) is 7.04. The van der Waals surface area contributed by atoms with Crippen molar-refractivity contribution >= 4 is 5.97 Å². The molecular formula is C16H20O2. The molecule has 0 spiro atoms. The Morgan fingerprint density at radius 3 is 2.39 bits per heavy atom. The third-order valence-electron chi connectivity index (χ3n) is 4.46. The summed E-state index contributed by atoms with van der Waals surface area (Å²) in [5.74, 6) is 0.721. The molecule has 2 nitrogen and oxygen atoms in total. The lowest BCUT2D eigenvalue weighted by Crippen LogP contribution is -2.23. The SMILES string of the molecule is CCOC(=O)C1(c2ccc(C3CCC3)cc2)CC1. The fourth-order valence-corrected chi connectivity index (χ4v) is 2.82. The first-order valence-corrected chi connectivity index (χ1v) is 7.04. The zero-order valence-corrected chi connectivity index (χ0v) is 10.9. The molecular weight excluding hydrogens is 224 g/mol. The van der Waals surface area contributed by atoms with Crippen LogP contribution in [0.5, 0.6) is 0 Å². The third kappa shape index (κ3) is 1.84. The lowest BCUT2D eigenvalue weighted by Gasteiger charge is -2.26. The summed E-state index contributed by atoms with van der Waals surface area (Å²) >= 11 is 0. The maximum Gasteiger partial charge on any atom is 0.316 e. The number of benzene rings is 1. The highest BCUT2D eigenvalue weighted by Gasteiger charge is 2.52. The average Bonchev–Trinajstić information content (AvgIpc) is 3.09. The van der Waals surface area contributed by atoms with Crippen LogP contribution in [0.25, 0.3) is 0 Å². The molecule has 3 rings (SSSR count). The molecule has 0 atom stereocenters. The minimum Gasteiger partial charge on any atom is -0.465 e. The summed E-state index contributed by atoms with van der Waals surface area (Å²) in [6.45, 7) is 2.34. The molecule has 0 unspecified atom stereocenters. The molecule has 0 N–H and O–H groups in total. The van der Waals surface area contributed by atoms with Gasteiger partial charge in [-0.25, -0.2) is 0 Å². The number of ether oxygens (including phenoxy) is 1. The number of carbonyl (C=O) groups excluding carboxylic acids is 1. The number of rotatable bonds is 4. The van der Waals surface area contributed by atoms with Gasteiger partial charge in [-0.2, -0.15) is 0 Å². The molecule has 0 radical (unpaired) electrons. The van der Waals surface area contributed by atoms with Crippen molar-refractivity contribution in [3.63, 3.8) is 0 Å². The molecule has 2 saturated carbocycles. The Bertz CT molecular complexity index is 439. The minimum atomic E-state index is -0.311. The summed E-state index contributed by atoms with van der Waals surface area (Å²) in [6.07, 6.45) is 5.88. The number of esters is 1. The molecule has 1 aromatic carbocycles. The van der Waals surface area contributed by atoms with Gasteiger partial charge in [0, 0.05) is 0 Å². The Labute approximate surface area is 108 Å². The van der Waals surface area contributed by atoms with Crippen LogP contribution in [0.2, 0.25) is 0 Å². The van der Waals surface area contributed by atoms with Crippen LogP contribution in [0.4, 0.5) is 0 Å². The predicted molar refractivity (Wildman–Crippen MR) is 70.6 cm³/mol. The average molecular weight is 244 g/mol. The summed E-state index contributed by atoms with van der Waals surface area (Å²) in [6, 6.07) is 8.69. The second-order valence-corrected chi connectivity index (χ2v) is 5.55. The van der Waals surface area contributed by atoms with E-state index in [1.165, 1.54) is 24.8 Å². The summed E-state index contributed by atoms with van der Waals surface area (Å²) in [7, 11) is 0. The first-order chi connectivity index (χ1) is 8.76. The lowest BCUT2D eigenvalue weighted by molar-refractivity contribution is -0.146. The number of carbonyl (C=O) groups is 1. The van der Waals surface area contributed by atoms with Crippen LogP contribution >= 0.6 is 0 Å². The molecule has 0 amide bonds. The van der Waals surface area contributed by atoms with Crippen LogP contribution in [0.3, 0.4) is 0 Å². The van der Waals surface area contributed by atoms with Gasteiger partial charge in [-0.05, 0) is 49.7 Å². The van der Waals surface area contributed by atoms with Crippen LogP contribution < -0.4 is 0 Å². The Morgan fingerprint density at radius 2 is 1.94 bits per heavy atom. The quantitative estimate of drug-likeness (QED) is 0.757. The van der Waals surface area contributed by atoms with Gasteiger partial charge in [0.05, 0.1) is 12.0 Å². The highest BCUT2D eigenvalue weighted by Crippen LogP contribution is 2.49. The van der Waals surface area contributed by atoms with E-state index < -0.39 is 0 Å². The van der Waals surface area contributed by atoms with Crippen LogP contribution in [-0.4, -0.2) is 12.6 Å². The van der Waals surface area contributed by atoms with E-state index in [2.05, 4.69) is 24.3 Å². The fraction of sp³-hybridized carbons (Fsp3) is 0.562. The van der Waals surface area contributed by atoms with Gasteiger partial charge in [0.1, 0.15) is 0 Å².